The Morgan fingerprint density at radius 2 is 2.13 bits per heavy atom. The van der Waals surface area contributed by atoms with Gasteiger partial charge in [0.15, 0.2) is 0 Å². The van der Waals surface area contributed by atoms with E-state index in [0.717, 1.165) is 12.8 Å². The molecule has 0 spiro atoms. The first-order chi connectivity index (χ1) is 10.3. The van der Waals surface area contributed by atoms with Gasteiger partial charge in [0.1, 0.15) is 10.6 Å². The van der Waals surface area contributed by atoms with Crippen LogP contribution in [0.5, 0.6) is 0 Å². The van der Waals surface area contributed by atoms with Crippen LogP contribution in [-0.4, -0.2) is 56.4 Å². The van der Waals surface area contributed by atoms with Gasteiger partial charge in [-0.25, -0.2) is 13.1 Å². The minimum atomic E-state index is -3.58. The maximum Gasteiger partial charge on any atom is 0.270 e. The highest BCUT2D eigenvalue weighted by atomic mass is 35.5. The standard InChI is InChI=1S/C14H24N4O3S.ClH/c1-10(2)17-22(20,21)12-7-13(16-8-12)14(19)18-6-4-5-11(9-18)15-3;/h7-8,10-11,15-17H,4-6,9H2,1-3H3;1H. The Hall–Kier alpha value is -1.09. The highest BCUT2D eigenvalue weighted by Crippen LogP contribution is 2.16. The van der Waals surface area contributed by atoms with Crippen molar-refractivity contribution >= 4 is 28.3 Å². The van der Waals surface area contributed by atoms with Gasteiger partial charge in [-0.1, -0.05) is 0 Å². The van der Waals surface area contributed by atoms with Gasteiger partial charge in [-0.2, -0.15) is 0 Å². The number of sulfonamides is 1. The number of hydrogen-bond donors (Lipinski definition) is 3. The predicted octanol–water partition coefficient (Wildman–Crippen LogP) is 0.947. The van der Waals surface area contributed by atoms with Gasteiger partial charge in [0.2, 0.25) is 10.0 Å². The number of likely N-dealkylation sites (N-methyl/N-ethyl adjacent to an activating group) is 1. The van der Waals surface area contributed by atoms with Crippen molar-refractivity contribution in [2.75, 3.05) is 20.1 Å². The van der Waals surface area contributed by atoms with E-state index in [0.29, 0.717) is 24.8 Å². The second kappa shape index (κ2) is 8.14. The Labute approximate surface area is 143 Å². The zero-order valence-electron chi connectivity index (χ0n) is 13.6. The third kappa shape index (κ3) is 4.94. The lowest BCUT2D eigenvalue weighted by molar-refractivity contribution is 0.0693. The maximum atomic E-state index is 12.5. The summed E-state index contributed by atoms with van der Waals surface area (Å²) in [6.07, 6.45) is 3.35. The maximum absolute atomic E-state index is 12.5. The molecule has 9 heteroatoms. The Morgan fingerprint density at radius 1 is 1.43 bits per heavy atom. The molecule has 1 fully saturated rings. The number of rotatable bonds is 5. The smallest absolute Gasteiger partial charge is 0.270 e. The number of halogens is 1. The van der Waals surface area contributed by atoms with E-state index in [1.54, 1.807) is 18.7 Å². The van der Waals surface area contributed by atoms with Crippen molar-refractivity contribution < 1.29 is 13.2 Å². The van der Waals surface area contributed by atoms with Crippen molar-refractivity contribution in [3.63, 3.8) is 0 Å². The molecule has 1 aromatic heterocycles. The summed E-state index contributed by atoms with van der Waals surface area (Å²) in [6, 6.07) is 1.49. The van der Waals surface area contributed by atoms with Crippen LogP contribution >= 0.6 is 12.4 Å². The number of amides is 1. The number of likely N-dealkylation sites (tertiary alicyclic amines) is 1. The molecule has 1 aliphatic heterocycles. The van der Waals surface area contributed by atoms with Crippen LogP contribution in [0.25, 0.3) is 0 Å². The molecule has 0 bridgehead atoms. The molecule has 7 nitrogen and oxygen atoms in total. The van der Waals surface area contributed by atoms with E-state index < -0.39 is 10.0 Å². The summed E-state index contributed by atoms with van der Waals surface area (Å²) >= 11 is 0. The molecular formula is C14H25ClN4O3S. The molecule has 1 amide bonds. The molecule has 0 radical (unpaired) electrons. The Kier molecular flexibility index (Phi) is 7.06. The molecule has 1 aliphatic rings. The minimum absolute atomic E-state index is 0. The summed E-state index contributed by atoms with van der Waals surface area (Å²) in [6.45, 7) is 4.84. The second-order valence-corrected chi connectivity index (χ2v) is 7.62. The van der Waals surface area contributed by atoms with Crippen molar-refractivity contribution in [3.8, 4) is 0 Å². The first-order valence-electron chi connectivity index (χ1n) is 7.51. The van der Waals surface area contributed by atoms with Crippen LogP contribution in [0.15, 0.2) is 17.2 Å². The van der Waals surface area contributed by atoms with Gasteiger partial charge < -0.3 is 15.2 Å². The Balaban J connectivity index is 0.00000264. The number of hydrogen-bond acceptors (Lipinski definition) is 4. The highest BCUT2D eigenvalue weighted by Gasteiger charge is 2.26. The van der Waals surface area contributed by atoms with Crippen molar-refractivity contribution in [3.05, 3.63) is 18.0 Å². The van der Waals surface area contributed by atoms with Crippen LogP contribution in [0.2, 0.25) is 0 Å². The monoisotopic (exact) mass is 364 g/mol. The third-order valence-electron chi connectivity index (χ3n) is 3.70. The summed E-state index contributed by atoms with van der Waals surface area (Å²) in [5.41, 5.74) is 0.306. The van der Waals surface area contributed by atoms with Crippen LogP contribution in [-0.2, 0) is 10.0 Å². The predicted molar refractivity (Wildman–Crippen MR) is 91.5 cm³/mol. The number of nitrogens with one attached hydrogen (secondary N) is 3. The number of aromatic amines is 1. The lowest BCUT2D eigenvalue weighted by Gasteiger charge is -2.32. The van der Waals surface area contributed by atoms with Crippen LogP contribution in [0.4, 0.5) is 0 Å². The number of H-pyrrole nitrogens is 1. The molecule has 0 aliphatic carbocycles. The van der Waals surface area contributed by atoms with E-state index in [4.69, 9.17) is 0 Å². The molecule has 1 aromatic rings. The second-order valence-electron chi connectivity index (χ2n) is 5.90. The van der Waals surface area contributed by atoms with Gasteiger partial charge in [-0.15, -0.1) is 12.4 Å². The van der Waals surface area contributed by atoms with E-state index >= 15 is 0 Å². The van der Waals surface area contributed by atoms with Gasteiger partial charge in [-0.3, -0.25) is 4.79 Å². The summed E-state index contributed by atoms with van der Waals surface area (Å²) in [5, 5.41) is 3.18. The molecule has 1 unspecified atom stereocenters. The van der Waals surface area contributed by atoms with Crippen LogP contribution < -0.4 is 10.0 Å². The average Bonchev–Trinajstić information content (AvgIpc) is 2.96. The third-order valence-corrected chi connectivity index (χ3v) is 5.34. The zero-order valence-corrected chi connectivity index (χ0v) is 15.3. The highest BCUT2D eigenvalue weighted by molar-refractivity contribution is 7.89. The largest absolute Gasteiger partial charge is 0.356 e. The number of carbonyl (C=O) groups is 1. The average molecular weight is 365 g/mol. The normalized spacial score (nSPS) is 18.8. The van der Waals surface area contributed by atoms with Crippen molar-refractivity contribution in [1.82, 2.24) is 19.9 Å². The zero-order chi connectivity index (χ0) is 16.3. The van der Waals surface area contributed by atoms with E-state index in [1.807, 2.05) is 7.05 Å². The molecule has 23 heavy (non-hydrogen) atoms. The van der Waals surface area contributed by atoms with Crippen LogP contribution in [0.1, 0.15) is 37.2 Å². The molecule has 1 atom stereocenters. The van der Waals surface area contributed by atoms with Crippen molar-refractivity contribution in [1.29, 1.82) is 0 Å². The van der Waals surface area contributed by atoms with E-state index in [1.165, 1.54) is 12.3 Å². The fourth-order valence-electron chi connectivity index (χ4n) is 2.60. The summed E-state index contributed by atoms with van der Waals surface area (Å²) in [5.74, 6) is -0.161. The molecule has 2 rings (SSSR count). The molecule has 0 aromatic carbocycles. The van der Waals surface area contributed by atoms with Crippen molar-refractivity contribution in [2.24, 2.45) is 0 Å². The molecule has 3 N–H and O–H groups in total. The molecule has 132 valence electrons. The first-order valence-corrected chi connectivity index (χ1v) is 8.99. The lowest BCUT2D eigenvalue weighted by Crippen LogP contribution is -2.47. The van der Waals surface area contributed by atoms with Gasteiger partial charge in [0, 0.05) is 31.4 Å². The topological polar surface area (TPSA) is 94.3 Å². The Morgan fingerprint density at radius 3 is 2.74 bits per heavy atom. The summed E-state index contributed by atoms with van der Waals surface area (Å²) in [4.78, 5) is 17.1. The van der Waals surface area contributed by atoms with E-state index in [-0.39, 0.29) is 29.3 Å². The fraction of sp³-hybridized carbons (Fsp3) is 0.643. The van der Waals surface area contributed by atoms with E-state index in [9.17, 15) is 13.2 Å². The summed E-state index contributed by atoms with van der Waals surface area (Å²) in [7, 11) is -1.70. The van der Waals surface area contributed by atoms with E-state index in [2.05, 4.69) is 15.0 Å². The van der Waals surface area contributed by atoms with Gasteiger partial charge >= 0.3 is 0 Å². The molecule has 2 heterocycles. The number of nitrogens with zero attached hydrogens (tertiary/aromatic N) is 1. The number of aromatic nitrogens is 1. The number of piperidine rings is 1. The van der Waals surface area contributed by atoms with Gasteiger partial charge in [0.05, 0.1) is 0 Å². The van der Waals surface area contributed by atoms with Crippen molar-refractivity contribution in [2.45, 2.75) is 43.7 Å². The fourth-order valence-corrected chi connectivity index (χ4v) is 3.84. The van der Waals surface area contributed by atoms with Crippen LogP contribution in [0.3, 0.4) is 0 Å². The SMILES string of the molecule is CNC1CCCN(C(=O)c2cc(S(=O)(=O)NC(C)C)c[nH]2)C1.Cl. The lowest BCUT2D eigenvalue weighted by atomic mass is 10.1. The minimum Gasteiger partial charge on any atom is -0.356 e. The molecule has 0 saturated carbocycles. The summed E-state index contributed by atoms with van der Waals surface area (Å²) < 4.78 is 26.7. The molecular weight excluding hydrogens is 340 g/mol. The van der Waals surface area contributed by atoms with Crippen LogP contribution in [0, 0.1) is 0 Å². The first kappa shape index (κ1) is 20.0. The van der Waals surface area contributed by atoms with Gasteiger partial charge in [-0.05, 0) is 39.8 Å². The van der Waals surface area contributed by atoms with Gasteiger partial charge in [0.25, 0.3) is 5.91 Å². The molecule has 1 saturated heterocycles. The quantitative estimate of drug-likeness (QED) is 0.725. The number of carbonyl (C=O) groups excluding carboxylic acids is 1. The Bertz CT molecular complexity index is 630.